The van der Waals surface area contributed by atoms with Crippen LogP contribution < -0.4 is 9.47 Å². The molecule has 0 bridgehead atoms. The molecule has 4 aromatic rings. The van der Waals surface area contributed by atoms with Crippen molar-refractivity contribution in [2.75, 3.05) is 7.11 Å². The monoisotopic (exact) mass is 413 g/mol. The molecule has 0 fully saturated rings. The predicted octanol–water partition coefficient (Wildman–Crippen LogP) is 4.88. The number of phenols is 2. The van der Waals surface area contributed by atoms with Crippen LogP contribution in [0.3, 0.4) is 0 Å². The zero-order valence-electron chi connectivity index (χ0n) is 16.9. The summed E-state index contributed by atoms with van der Waals surface area (Å²) >= 11 is 0. The van der Waals surface area contributed by atoms with Crippen molar-refractivity contribution in [2.24, 2.45) is 7.05 Å². The Balaban J connectivity index is 1.74. The second kappa shape index (κ2) is 6.95. The molecule has 0 atom stereocenters. The van der Waals surface area contributed by atoms with Crippen LogP contribution in [0.4, 0.5) is 0 Å². The number of carbonyl (C=O) groups is 1. The molecule has 1 aliphatic heterocycles. The molecular weight excluding hydrogens is 394 g/mol. The zero-order valence-corrected chi connectivity index (χ0v) is 16.9. The molecular formula is C25H19NO5. The van der Waals surface area contributed by atoms with Gasteiger partial charge < -0.3 is 24.3 Å². The smallest absolute Gasteiger partial charge is 0.235 e. The lowest BCUT2D eigenvalue weighted by atomic mass is 10.0. The number of carbonyl (C=O) groups excluding carboxylic acids is 1. The number of nitrogens with zero attached hydrogens (tertiary/aromatic N) is 1. The van der Waals surface area contributed by atoms with Gasteiger partial charge in [0.25, 0.3) is 0 Å². The number of phenolic OH excluding ortho intramolecular Hbond substituents is 2. The number of benzene rings is 3. The average Bonchev–Trinajstić information content (AvgIpc) is 3.22. The van der Waals surface area contributed by atoms with Gasteiger partial charge in [-0.05, 0) is 24.3 Å². The summed E-state index contributed by atoms with van der Waals surface area (Å²) in [7, 11) is 3.59. The van der Waals surface area contributed by atoms with E-state index in [-0.39, 0.29) is 28.6 Å². The maximum absolute atomic E-state index is 13.0. The van der Waals surface area contributed by atoms with Crippen LogP contribution in [0, 0.1) is 0 Å². The van der Waals surface area contributed by atoms with Gasteiger partial charge >= 0.3 is 0 Å². The summed E-state index contributed by atoms with van der Waals surface area (Å²) < 4.78 is 13.2. The number of fused-ring (bicyclic) bond motifs is 2. The number of hydrogen-bond donors (Lipinski definition) is 2. The number of aryl methyl sites for hydroxylation is 1. The lowest BCUT2D eigenvalue weighted by Gasteiger charge is -2.09. The summed E-state index contributed by atoms with van der Waals surface area (Å²) in [4.78, 5) is 13.0. The van der Waals surface area contributed by atoms with Crippen molar-refractivity contribution < 1.29 is 24.5 Å². The number of rotatable bonds is 3. The largest absolute Gasteiger partial charge is 0.508 e. The molecule has 2 N–H and O–H groups in total. The second-order valence-corrected chi connectivity index (χ2v) is 7.35. The number of allylic oxidation sites excluding steroid dienone is 1. The molecule has 154 valence electrons. The minimum Gasteiger partial charge on any atom is -0.508 e. The Hall–Kier alpha value is -4.19. The van der Waals surface area contributed by atoms with Crippen LogP contribution in [0.5, 0.6) is 23.0 Å². The number of ether oxygens (including phenoxy) is 2. The first kappa shape index (κ1) is 18.8. The number of aromatic hydroxyl groups is 2. The topological polar surface area (TPSA) is 80.9 Å². The van der Waals surface area contributed by atoms with Crippen LogP contribution >= 0.6 is 0 Å². The third kappa shape index (κ3) is 2.92. The van der Waals surface area contributed by atoms with Crippen LogP contribution in [0.15, 0.2) is 66.4 Å². The van der Waals surface area contributed by atoms with Crippen LogP contribution in [0.2, 0.25) is 0 Å². The molecule has 1 aliphatic rings. The maximum atomic E-state index is 13.0. The number of para-hydroxylation sites is 1. The van der Waals surface area contributed by atoms with E-state index in [1.165, 1.54) is 6.07 Å². The SMILES string of the molecule is COc1cccc(-c2c(/C=C3\Oc4cc(O)cc(O)c4C3=O)c3ccccc3n2C)c1. The highest BCUT2D eigenvalue weighted by Gasteiger charge is 2.32. The Kier molecular flexibility index (Phi) is 4.22. The summed E-state index contributed by atoms with van der Waals surface area (Å²) in [6.45, 7) is 0. The van der Waals surface area contributed by atoms with E-state index >= 15 is 0 Å². The van der Waals surface area contributed by atoms with Gasteiger partial charge in [-0.3, -0.25) is 4.79 Å². The van der Waals surface area contributed by atoms with Gasteiger partial charge in [-0.25, -0.2) is 0 Å². The highest BCUT2D eigenvalue weighted by atomic mass is 16.5. The summed E-state index contributed by atoms with van der Waals surface area (Å²) in [5.41, 5.74) is 3.68. The molecule has 0 saturated carbocycles. The molecule has 2 heterocycles. The van der Waals surface area contributed by atoms with Crippen molar-refractivity contribution in [3.63, 3.8) is 0 Å². The van der Waals surface area contributed by atoms with E-state index in [1.54, 1.807) is 13.2 Å². The summed E-state index contributed by atoms with van der Waals surface area (Å²) in [6, 6.07) is 18.1. The number of ketones is 1. The summed E-state index contributed by atoms with van der Waals surface area (Å²) in [6.07, 6.45) is 1.69. The molecule has 31 heavy (non-hydrogen) atoms. The van der Waals surface area contributed by atoms with Crippen molar-refractivity contribution in [1.82, 2.24) is 4.57 Å². The van der Waals surface area contributed by atoms with Gasteiger partial charge in [0.2, 0.25) is 5.78 Å². The lowest BCUT2D eigenvalue weighted by Crippen LogP contribution is -1.99. The fourth-order valence-corrected chi connectivity index (χ4v) is 4.10. The van der Waals surface area contributed by atoms with E-state index in [0.29, 0.717) is 0 Å². The molecule has 0 amide bonds. The van der Waals surface area contributed by atoms with E-state index in [4.69, 9.17) is 9.47 Å². The standard InChI is InChI=1S/C25H19NO5/c1-26-19-9-4-3-8-17(19)18(24(26)14-6-5-7-16(10-14)30-2)13-22-25(29)23-20(28)11-15(27)12-21(23)31-22/h3-13,27-28H,1-2H3/b22-13-. The number of hydrogen-bond acceptors (Lipinski definition) is 5. The van der Waals surface area contributed by atoms with Crippen LogP contribution in [-0.4, -0.2) is 27.7 Å². The highest BCUT2D eigenvalue weighted by Crippen LogP contribution is 2.42. The molecule has 0 aliphatic carbocycles. The third-order valence-electron chi connectivity index (χ3n) is 5.50. The van der Waals surface area contributed by atoms with E-state index < -0.39 is 5.78 Å². The van der Waals surface area contributed by atoms with Crippen molar-refractivity contribution in [3.8, 4) is 34.3 Å². The molecule has 5 rings (SSSR count). The Labute approximate surface area is 178 Å². The Morgan fingerprint density at radius 1 is 1.03 bits per heavy atom. The molecule has 0 unspecified atom stereocenters. The van der Waals surface area contributed by atoms with E-state index in [1.807, 2.05) is 55.6 Å². The van der Waals surface area contributed by atoms with Crippen LogP contribution in [0.1, 0.15) is 15.9 Å². The van der Waals surface area contributed by atoms with E-state index in [2.05, 4.69) is 4.57 Å². The minimum atomic E-state index is -0.433. The Morgan fingerprint density at radius 3 is 2.65 bits per heavy atom. The molecule has 1 aromatic heterocycles. The van der Waals surface area contributed by atoms with Gasteiger partial charge in [0.15, 0.2) is 5.76 Å². The molecule has 6 heteroatoms. The molecule has 3 aromatic carbocycles. The van der Waals surface area contributed by atoms with Gasteiger partial charge in [0.1, 0.15) is 28.6 Å². The van der Waals surface area contributed by atoms with Gasteiger partial charge in [-0.1, -0.05) is 30.3 Å². The second-order valence-electron chi connectivity index (χ2n) is 7.35. The van der Waals surface area contributed by atoms with Crippen molar-refractivity contribution in [1.29, 1.82) is 0 Å². The summed E-state index contributed by atoms with van der Waals surface area (Å²) in [5, 5.41) is 20.8. The first-order valence-electron chi connectivity index (χ1n) is 9.70. The van der Waals surface area contributed by atoms with E-state index in [0.717, 1.165) is 39.5 Å². The van der Waals surface area contributed by atoms with Gasteiger partial charge in [-0.2, -0.15) is 0 Å². The number of Topliss-reactive ketones (excluding diaryl/α,β-unsaturated/α-hetero) is 1. The quantitative estimate of drug-likeness (QED) is 0.468. The molecule has 0 saturated heterocycles. The molecule has 0 radical (unpaired) electrons. The number of aromatic nitrogens is 1. The van der Waals surface area contributed by atoms with Crippen LogP contribution in [0.25, 0.3) is 28.2 Å². The number of methoxy groups -OCH3 is 1. The fraction of sp³-hybridized carbons (Fsp3) is 0.0800. The van der Waals surface area contributed by atoms with Gasteiger partial charge in [-0.15, -0.1) is 0 Å². The zero-order chi connectivity index (χ0) is 21.7. The van der Waals surface area contributed by atoms with Crippen molar-refractivity contribution in [2.45, 2.75) is 0 Å². The lowest BCUT2D eigenvalue weighted by molar-refractivity contribution is 0.101. The van der Waals surface area contributed by atoms with Gasteiger partial charge in [0.05, 0.1) is 12.8 Å². The fourth-order valence-electron chi connectivity index (χ4n) is 4.10. The van der Waals surface area contributed by atoms with Crippen molar-refractivity contribution in [3.05, 3.63) is 77.5 Å². The Bertz CT molecular complexity index is 1400. The Morgan fingerprint density at radius 2 is 1.84 bits per heavy atom. The first-order valence-corrected chi connectivity index (χ1v) is 9.70. The normalized spacial score (nSPS) is 14.1. The molecule has 6 nitrogen and oxygen atoms in total. The van der Waals surface area contributed by atoms with Gasteiger partial charge in [0, 0.05) is 41.2 Å². The third-order valence-corrected chi connectivity index (χ3v) is 5.50. The van der Waals surface area contributed by atoms with Crippen LogP contribution in [-0.2, 0) is 7.05 Å². The maximum Gasteiger partial charge on any atom is 0.235 e. The molecule has 0 spiro atoms. The van der Waals surface area contributed by atoms with E-state index in [9.17, 15) is 15.0 Å². The first-order chi connectivity index (χ1) is 15.0. The predicted molar refractivity (Wildman–Crippen MR) is 118 cm³/mol. The highest BCUT2D eigenvalue weighted by molar-refractivity contribution is 6.17. The summed E-state index contributed by atoms with van der Waals surface area (Å²) in [5.74, 6) is 0.0227. The minimum absolute atomic E-state index is 0.0483. The van der Waals surface area contributed by atoms with Crippen molar-refractivity contribution >= 4 is 22.8 Å². The average molecular weight is 413 g/mol.